The van der Waals surface area contributed by atoms with E-state index in [2.05, 4.69) is 6.08 Å². The van der Waals surface area contributed by atoms with E-state index in [1.807, 2.05) is 42.4 Å². The van der Waals surface area contributed by atoms with Gasteiger partial charge < -0.3 is 0 Å². The van der Waals surface area contributed by atoms with Gasteiger partial charge in [-0.05, 0) is 31.4 Å². The average Bonchev–Trinajstić information content (AvgIpc) is 2.83. The fourth-order valence-electron chi connectivity index (χ4n) is 2.21. The molecule has 2 rings (SSSR count). The first-order valence-corrected chi connectivity index (χ1v) is 5.98. The molecule has 0 bridgehead atoms. The van der Waals surface area contributed by atoms with E-state index in [9.17, 15) is 4.79 Å². The van der Waals surface area contributed by atoms with Crippen LogP contribution >= 0.6 is 0 Å². The van der Waals surface area contributed by atoms with Crippen molar-refractivity contribution >= 4 is 11.6 Å². The summed E-state index contributed by atoms with van der Waals surface area (Å²) in [5.74, 6) is 0.0597. The summed E-state index contributed by atoms with van der Waals surface area (Å²) >= 11 is 0. The van der Waals surface area contributed by atoms with E-state index in [0.29, 0.717) is 0 Å². The number of amides is 1. The Kier molecular flexibility index (Phi) is 3.47. The zero-order chi connectivity index (χ0) is 12.3. The molecule has 17 heavy (non-hydrogen) atoms. The van der Waals surface area contributed by atoms with Crippen molar-refractivity contribution in [3.05, 3.63) is 42.1 Å². The first kappa shape index (κ1) is 11.7. The van der Waals surface area contributed by atoms with Crippen LogP contribution in [0.2, 0.25) is 0 Å². The highest BCUT2D eigenvalue weighted by molar-refractivity contribution is 5.77. The molecule has 0 spiro atoms. The molecule has 0 saturated carbocycles. The number of nitrogens with zero attached hydrogens (tertiary/aromatic N) is 2. The molecule has 1 aromatic rings. The first-order chi connectivity index (χ1) is 8.20. The Hall–Kier alpha value is -1.77. The van der Waals surface area contributed by atoms with Gasteiger partial charge in [-0.25, -0.2) is 5.01 Å². The molecule has 1 aromatic carbocycles. The molecule has 0 aromatic heterocycles. The third-order valence-corrected chi connectivity index (χ3v) is 3.02. The van der Waals surface area contributed by atoms with Gasteiger partial charge in [0.05, 0.1) is 5.69 Å². The standard InChI is InChI=1S/C14H18N2O/c1-12(17)16(14-10-6-7-11-14)15(2)13-8-4-3-5-9-13/h3-5,8-10H,6-7,11H2,1-2H3. The predicted octanol–water partition coefficient (Wildman–Crippen LogP) is 2.95. The third kappa shape index (κ3) is 2.49. The van der Waals surface area contributed by atoms with Crippen LogP contribution in [-0.4, -0.2) is 18.0 Å². The molecule has 0 fully saturated rings. The van der Waals surface area contributed by atoms with Crippen LogP contribution in [0.1, 0.15) is 26.2 Å². The van der Waals surface area contributed by atoms with Gasteiger partial charge in [-0.1, -0.05) is 24.3 Å². The number of para-hydroxylation sites is 1. The van der Waals surface area contributed by atoms with Crippen molar-refractivity contribution in [1.82, 2.24) is 5.01 Å². The normalized spacial score (nSPS) is 14.4. The molecule has 0 heterocycles. The van der Waals surface area contributed by atoms with Gasteiger partial charge in [0, 0.05) is 19.7 Å². The summed E-state index contributed by atoms with van der Waals surface area (Å²) in [4.78, 5) is 11.8. The molecule has 90 valence electrons. The highest BCUT2D eigenvalue weighted by atomic mass is 16.2. The zero-order valence-corrected chi connectivity index (χ0v) is 10.4. The Morgan fingerprint density at radius 1 is 1.24 bits per heavy atom. The fourth-order valence-corrected chi connectivity index (χ4v) is 2.21. The Morgan fingerprint density at radius 3 is 2.47 bits per heavy atom. The molecule has 1 aliphatic rings. The van der Waals surface area contributed by atoms with Gasteiger partial charge in [-0.3, -0.25) is 9.80 Å². The summed E-state index contributed by atoms with van der Waals surface area (Å²) < 4.78 is 0. The number of hydrazine groups is 1. The second-order valence-electron chi connectivity index (χ2n) is 4.28. The number of benzene rings is 1. The maximum atomic E-state index is 11.8. The lowest BCUT2D eigenvalue weighted by molar-refractivity contribution is -0.127. The lowest BCUT2D eigenvalue weighted by Crippen LogP contribution is -2.42. The number of rotatable bonds is 3. The van der Waals surface area contributed by atoms with Crippen LogP contribution in [0.4, 0.5) is 5.69 Å². The van der Waals surface area contributed by atoms with E-state index in [-0.39, 0.29) is 5.91 Å². The monoisotopic (exact) mass is 230 g/mol. The minimum absolute atomic E-state index is 0.0597. The van der Waals surface area contributed by atoms with Gasteiger partial charge in [0.2, 0.25) is 5.91 Å². The number of hydrogen-bond donors (Lipinski definition) is 0. The molecular weight excluding hydrogens is 212 g/mol. The Labute approximate surface area is 102 Å². The lowest BCUT2D eigenvalue weighted by Gasteiger charge is -2.33. The molecule has 1 aliphatic carbocycles. The van der Waals surface area contributed by atoms with Gasteiger partial charge in [0.1, 0.15) is 0 Å². The van der Waals surface area contributed by atoms with Crippen molar-refractivity contribution in [1.29, 1.82) is 0 Å². The number of anilines is 1. The van der Waals surface area contributed by atoms with Crippen molar-refractivity contribution in [2.24, 2.45) is 0 Å². The Morgan fingerprint density at radius 2 is 1.94 bits per heavy atom. The molecule has 0 radical (unpaired) electrons. The van der Waals surface area contributed by atoms with Crippen molar-refractivity contribution in [2.75, 3.05) is 12.1 Å². The van der Waals surface area contributed by atoms with Crippen LogP contribution in [0.25, 0.3) is 0 Å². The summed E-state index contributed by atoms with van der Waals surface area (Å²) in [6.07, 6.45) is 5.35. The van der Waals surface area contributed by atoms with Crippen LogP contribution in [0.5, 0.6) is 0 Å². The second kappa shape index (κ2) is 5.04. The third-order valence-electron chi connectivity index (χ3n) is 3.02. The lowest BCUT2D eigenvalue weighted by atomic mass is 10.3. The van der Waals surface area contributed by atoms with Crippen LogP contribution in [0.15, 0.2) is 42.1 Å². The van der Waals surface area contributed by atoms with Crippen molar-refractivity contribution in [3.63, 3.8) is 0 Å². The minimum atomic E-state index is 0.0597. The number of hydrogen-bond acceptors (Lipinski definition) is 2. The number of allylic oxidation sites excluding steroid dienone is 2. The maximum absolute atomic E-state index is 11.8. The Balaban J connectivity index is 2.25. The molecule has 3 nitrogen and oxygen atoms in total. The van der Waals surface area contributed by atoms with Gasteiger partial charge >= 0.3 is 0 Å². The largest absolute Gasteiger partial charge is 0.282 e. The van der Waals surface area contributed by atoms with E-state index in [1.165, 1.54) is 0 Å². The van der Waals surface area contributed by atoms with Gasteiger partial charge in [-0.2, -0.15) is 0 Å². The van der Waals surface area contributed by atoms with E-state index < -0.39 is 0 Å². The molecule has 3 heteroatoms. The van der Waals surface area contributed by atoms with Crippen LogP contribution < -0.4 is 5.01 Å². The molecule has 1 amide bonds. The summed E-state index contributed by atoms with van der Waals surface area (Å²) in [5.41, 5.74) is 2.14. The minimum Gasteiger partial charge on any atom is -0.282 e. The summed E-state index contributed by atoms with van der Waals surface area (Å²) in [7, 11) is 1.93. The number of carbonyl (C=O) groups is 1. The molecule has 0 aliphatic heterocycles. The summed E-state index contributed by atoms with van der Waals surface area (Å²) in [6.45, 7) is 1.61. The van der Waals surface area contributed by atoms with Crippen LogP contribution in [-0.2, 0) is 4.79 Å². The summed E-state index contributed by atoms with van der Waals surface area (Å²) in [6, 6.07) is 9.95. The van der Waals surface area contributed by atoms with E-state index in [4.69, 9.17) is 0 Å². The van der Waals surface area contributed by atoms with Crippen molar-refractivity contribution in [3.8, 4) is 0 Å². The molecule has 0 N–H and O–H groups in total. The van der Waals surface area contributed by atoms with Crippen molar-refractivity contribution in [2.45, 2.75) is 26.2 Å². The van der Waals surface area contributed by atoms with E-state index >= 15 is 0 Å². The topological polar surface area (TPSA) is 23.6 Å². The van der Waals surface area contributed by atoms with Crippen molar-refractivity contribution < 1.29 is 4.79 Å². The molecular formula is C14H18N2O. The fraction of sp³-hybridized carbons (Fsp3) is 0.357. The maximum Gasteiger partial charge on any atom is 0.242 e. The average molecular weight is 230 g/mol. The highest BCUT2D eigenvalue weighted by Crippen LogP contribution is 2.25. The van der Waals surface area contributed by atoms with Gasteiger partial charge in [-0.15, -0.1) is 0 Å². The zero-order valence-electron chi connectivity index (χ0n) is 10.4. The first-order valence-electron chi connectivity index (χ1n) is 5.98. The number of carbonyl (C=O) groups excluding carboxylic acids is 1. The summed E-state index contributed by atoms with van der Waals surface area (Å²) in [5, 5.41) is 3.68. The quantitative estimate of drug-likeness (QED) is 0.745. The second-order valence-corrected chi connectivity index (χ2v) is 4.28. The molecule has 0 saturated heterocycles. The van der Waals surface area contributed by atoms with E-state index in [1.54, 1.807) is 11.9 Å². The Bertz CT molecular complexity index is 425. The van der Waals surface area contributed by atoms with E-state index in [0.717, 1.165) is 30.6 Å². The highest BCUT2D eigenvalue weighted by Gasteiger charge is 2.21. The molecule has 0 atom stereocenters. The smallest absolute Gasteiger partial charge is 0.242 e. The van der Waals surface area contributed by atoms with Gasteiger partial charge in [0.15, 0.2) is 0 Å². The van der Waals surface area contributed by atoms with Crippen LogP contribution in [0, 0.1) is 0 Å². The van der Waals surface area contributed by atoms with Crippen LogP contribution in [0.3, 0.4) is 0 Å². The molecule has 0 unspecified atom stereocenters. The van der Waals surface area contributed by atoms with Gasteiger partial charge in [0.25, 0.3) is 0 Å². The predicted molar refractivity (Wildman–Crippen MR) is 69.3 cm³/mol. The SMILES string of the molecule is CC(=O)N(C1=CCCC1)N(C)c1ccccc1.